The summed E-state index contributed by atoms with van der Waals surface area (Å²) in [6.07, 6.45) is 1.72. The van der Waals surface area contributed by atoms with Gasteiger partial charge >= 0.3 is 12.0 Å². The van der Waals surface area contributed by atoms with E-state index in [4.69, 9.17) is 4.74 Å². The predicted octanol–water partition coefficient (Wildman–Crippen LogP) is 3.86. The smallest absolute Gasteiger partial charge is 0.348 e. The van der Waals surface area contributed by atoms with Gasteiger partial charge in [0.1, 0.15) is 10.7 Å². The Kier molecular flexibility index (Phi) is 6.10. The monoisotopic (exact) mass is 398 g/mol. The Bertz CT molecular complexity index is 1000. The molecule has 0 radical (unpaired) electrons. The number of amides is 2. The lowest BCUT2D eigenvalue weighted by atomic mass is 10.2. The van der Waals surface area contributed by atoms with Crippen LogP contribution < -0.4 is 15.5 Å². The molecular formula is C20H22N4O3S. The average Bonchev–Trinajstić information content (AvgIpc) is 3.10. The molecule has 3 rings (SSSR count). The standard InChI is InChI=1S/C20H22N4O3S/c1-4-27-19(25)17-11-14-10-15(5-6-16(14)28-17)23-20(26)22-12-13-7-8-21-18(9-13)24(2)3/h5-11H,4,12H2,1-3H3,(H2,22,23,26). The number of benzene rings is 1. The van der Waals surface area contributed by atoms with Gasteiger partial charge in [-0.05, 0) is 54.3 Å². The van der Waals surface area contributed by atoms with Crippen LogP contribution >= 0.6 is 11.3 Å². The Hall–Kier alpha value is -3.13. The molecule has 0 saturated heterocycles. The van der Waals surface area contributed by atoms with Crippen molar-refractivity contribution in [1.82, 2.24) is 10.3 Å². The number of fused-ring (bicyclic) bond motifs is 1. The van der Waals surface area contributed by atoms with E-state index < -0.39 is 0 Å². The van der Waals surface area contributed by atoms with Crippen molar-refractivity contribution in [2.75, 3.05) is 30.9 Å². The number of nitrogens with zero attached hydrogens (tertiary/aromatic N) is 2. The molecule has 2 heterocycles. The molecule has 0 aliphatic heterocycles. The molecule has 146 valence electrons. The summed E-state index contributed by atoms with van der Waals surface area (Å²) in [6, 6.07) is 10.8. The minimum absolute atomic E-state index is 0.302. The number of hydrogen-bond acceptors (Lipinski definition) is 6. The summed E-state index contributed by atoms with van der Waals surface area (Å²) in [5.74, 6) is 0.505. The highest BCUT2D eigenvalue weighted by Crippen LogP contribution is 2.28. The summed E-state index contributed by atoms with van der Waals surface area (Å²) < 4.78 is 5.99. The number of aromatic nitrogens is 1. The molecule has 2 N–H and O–H groups in total. The first-order chi connectivity index (χ1) is 13.5. The number of pyridine rings is 1. The summed E-state index contributed by atoms with van der Waals surface area (Å²) >= 11 is 1.37. The van der Waals surface area contributed by atoms with Gasteiger partial charge in [0.2, 0.25) is 0 Å². The molecule has 0 unspecified atom stereocenters. The van der Waals surface area contributed by atoms with Gasteiger partial charge in [-0.2, -0.15) is 0 Å². The fourth-order valence-corrected chi connectivity index (χ4v) is 3.53. The summed E-state index contributed by atoms with van der Waals surface area (Å²) in [5, 5.41) is 6.54. The molecule has 1 aromatic carbocycles. The molecule has 0 saturated carbocycles. The molecule has 7 nitrogen and oxygen atoms in total. The zero-order valence-corrected chi connectivity index (χ0v) is 16.8. The quantitative estimate of drug-likeness (QED) is 0.616. The lowest BCUT2D eigenvalue weighted by Crippen LogP contribution is -2.28. The van der Waals surface area contributed by atoms with Gasteiger partial charge in [0.15, 0.2) is 0 Å². The molecule has 28 heavy (non-hydrogen) atoms. The van der Waals surface area contributed by atoms with Crippen molar-refractivity contribution in [3.8, 4) is 0 Å². The van der Waals surface area contributed by atoms with E-state index in [1.54, 1.807) is 19.2 Å². The van der Waals surface area contributed by atoms with Gasteiger partial charge in [-0.25, -0.2) is 14.6 Å². The molecule has 8 heteroatoms. The van der Waals surface area contributed by atoms with Crippen molar-refractivity contribution in [1.29, 1.82) is 0 Å². The Morgan fingerprint density at radius 3 is 2.75 bits per heavy atom. The van der Waals surface area contributed by atoms with E-state index in [9.17, 15) is 9.59 Å². The molecule has 0 aliphatic carbocycles. The van der Waals surface area contributed by atoms with Crippen molar-refractivity contribution in [3.05, 3.63) is 53.0 Å². The second kappa shape index (κ2) is 8.71. The topological polar surface area (TPSA) is 83.6 Å². The lowest BCUT2D eigenvalue weighted by molar-refractivity contribution is 0.0532. The maximum absolute atomic E-state index is 12.2. The van der Waals surface area contributed by atoms with E-state index in [1.165, 1.54) is 11.3 Å². The van der Waals surface area contributed by atoms with Crippen LogP contribution in [0.1, 0.15) is 22.2 Å². The Balaban J connectivity index is 1.62. The largest absolute Gasteiger partial charge is 0.462 e. The van der Waals surface area contributed by atoms with Crippen LogP contribution in [0.25, 0.3) is 10.1 Å². The number of carbonyl (C=O) groups is 2. The van der Waals surface area contributed by atoms with Gasteiger partial charge in [0.25, 0.3) is 0 Å². The molecule has 0 aliphatic rings. The van der Waals surface area contributed by atoms with Crippen LogP contribution in [-0.2, 0) is 11.3 Å². The van der Waals surface area contributed by atoms with E-state index in [0.717, 1.165) is 21.5 Å². The molecule has 0 spiro atoms. The summed E-state index contributed by atoms with van der Waals surface area (Å²) in [4.78, 5) is 30.8. The fourth-order valence-electron chi connectivity index (χ4n) is 2.60. The molecule has 2 amide bonds. The number of nitrogens with one attached hydrogen (secondary N) is 2. The maximum Gasteiger partial charge on any atom is 0.348 e. The van der Waals surface area contributed by atoms with Gasteiger partial charge in [0, 0.05) is 37.2 Å². The highest BCUT2D eigenvalue weighted by atomic mass is 32.1. The van der Waals surface area contributed by atoms with Crippen LogP contribution in [0, 0.1) is 0 Å². The lowest BCUT2D eigenvalue weighted by Gasteiger charge is -2.13. The van der Waals surface area contributed by atoms with Gasteiger partial charge in [-0.1, -0.05) is 0 Å². The van der Waals surface area contributed by atoms with Gasteiger partial charge < -0.3 is 20.3 Å². The van der Waals surface area contributed by atoms with Crippen molar-refractivity contribution >= 4 is 44.9 Å². The third-order valence-electron chi connectivity index (χ3n) is 3.97. The first-order valence-corrected chi connectivity index (χ1v) is 9.65. The zero-order valence-electron chi connectivity index (χ0n) is 16.0. The normalized spacial score (nSPS) is 10.5. The number of thiophene rings is 1. The van der Waals surface area contributed by atoms with E-state index >= 15 is 0 Å². The minimum Gasteiger partial charge on any atom is -0.462 e. The number of urea groups is 1. The number of carbonyl (C=O) groups excluding carboxylic acids is 2. The number of ether oxygens (including phenoxy) is 1. The van der Waals surface area contributed by atoms with Crippen LogP contribution in [0.5, 0.6) is 0 Å². The molecule has 0 fully saturated rings. The van der Waals surface area contributed by atoms with Crippen LogP contribution in [0.15, 0.2) is 42.6 Å². The van der Waals surface area contributed by atoms with E-state index in [1.807, 2.05) is 49.3 Å². The summed E-state index contributed by atoms with van der Waals surface area (Å²) in [6.45, 7) is 2.51. The summed E-state index contributed by atoms with van der Waals surface area (Å²) in [7, 11) is 3.83. The first kappa shape index (κ1) is 19.6. The minimum atomic E-state index is -0.328. The van der Waals surface area contributed by atoms with Gasteiger partial charge in [0.05, 0.1) is 6.61 Å². The van der Waals surface area contributed by atoms with Crippen LogP contribution in [0.4, 0.5) is 16.3 Å². The number of rotatable bonds is 6. The van der Waals surface area contributed by atoms with Crippen LogP contribution in [0.3, 0.4) is 0 Å². The van der Waals surface area contributed by atoms with E-state index in [-0.39, 0.29) is 12.0 Å². The van der Waals surface area contributed by atoms with E-state index in [2.05, 4.69) is 15.6 Å². The third kappa shape index (κ3) is 4.77. The van der Waals surface area contributed by atoms with E-state index in [0.29, 0.717) is 23.7 Å². The SMILES string of the molecule is CCOC(=O)c1cc2cc(NC(=O)NCc3ccnc(N(C)C)c3)ccc2s1. The number of anilines is 2. The first-order valence-electron chi connectivity index (χ1n) is 8.84. The molecule has 2 aromatic heterocycles. The molecule has 3 aromatic rings. The van der Waals surface area contributed by atoms with Gasteiger partial charge in [-0.15, -0.1) is 11.3 Å². The Labute approximate surface area is 167 Å². The third-order valence-corrected chi connectivity index (χ3v) is 5.07. The van der Waals surface area contributed by atoms with Crippen molar-refractivity contribution in [3.63, 3.8) is 0 Å². The second-order valence-corrected chi connectivity index (χ2v) is 7.39. The molecule has 0 atom stereocenters. The zero-order chi connectivity index (χ0) is 20.1. The van der Waals surface area contributed by atoms with Crippen molar-refractivity contribution < 1.29 is 14.3 Å². The molecule has 0 bridgehead atoms. The number of esters is 1. The van der Waals surface area contributed by atoms with Crippen LogP contribution in [0.2, 0.25) is 0 Å². The predicted molar refractivity (Wildman–Crippen MR) is 112 cm³/mol. The van der Waals surface area contributed by atoms with Crippen LogP contribution in [-0.4, -0.2) is 37.7 Å². The number of hydrogen-bond donors (Lipinski definition) is 2. The molecular weight excluding hydrogens is 376 g/mol. The van der Waals surface area contributed by atoms with Gasteiger partial charge in [-0.3, -0.25) is 0 Å². The summed E-state index contributed by atoms with van der Waals surface area (Å²) in [5.41, 5.74) is 1.61. The van der Waals surface area contributed by atoms with Crippen molar-refractivity contribution in [2.24, 2.45) is 0 Å². The Morgan fingerprint density at radius 1 is 1.18 bits per heavy atom. The fraction of sp³-hybridized carbons (Fsp3) is 0.250. The average molecular weight is 398 g/mol. The van der Waals surface area contributed by atoms with Crippen molar-refractivity contribution in [2.45, 2.75) is 13.5 Å². The Morgan fingerprint density at radius 2 is 2.00 bits per heavy atom. The maximum atomic E-state index is 12.2. The second-order valence-electron chi connectivity index (χ2n) is 6.31. The highest BCUT2D eigenvalue weighted by Gasteiger charge is 2.12. The highest BCUT2D eigenvalue weighted by molar-refractivity contribution is 7.20.